The van der Waals surface area contributed by atoms with E-state index in [2.05, 4.69) is 19.9 Å². The Balaban J connectivity index is 1.18. The molecule has 1 aliphatic heterocycles. The predicted molar refractivity (Wildman–Crippen MR) is 175 cm³/mol. The SMILES string of the molecule is CC(C)c1c(C23CC4CC(CC(C4)C2)C3)cc(OCC2CO2)c(C23CC4CC(CC(C4)C2)C3)c1C12CC3CC(CC(C3)C1)C2. The Hall–Kier alpha value is -1.02. The van der Waals surface area contributed by atoms with Crippen molar-refractivity contribution in [2.75, 3.05) is 13.2 Å². The lowest BCUT2D eigenvalue weighted by Gasteiger charge is -2.62. The Morgan fingerprint density at radius 2 is 0.955 bits per heavy atom. The van der Waals surface area contributed by atoms with Gasteiger partial charge in [0, 0.05) is 11.0 Å². The summed E-state index contributed by atoms with van der Waals surface area (Å²) >= 11 is 0. The summed E-state index contributed by atoms with van der Waals surface area (Å²) in [7, 11) is 0. The maximum atomic E-state index is 7.27. The molecule has 238 valence electrons. The fourth-order valence-corrected chi connectivity index (χ4v) is 16.5. The summed E-state index contributed by atoms with van der Waals surface area (Å²) in [5.74, 6) is 10.8. The van der Waals surface area contributed by atoms with Crippen molar-refractivity contribution in [2.45, 2.75) is 158 Å². The van der Waals surface area contributed by atoms with E-state index in [1.807, 2.05) is 22.3 Å². The molecule has 1 aromatic carbocycles. The van der Waals surface area contributed by atoms with Crippen LogP contribution >= 0.6 is 0 Å². The summed E-state index contributed by atoms with van der Waals surface area (Å²) in [5, 5.41) is 0. The average molecular weight is 595 g/mol. The molecule has 2 heteroatoms. The molecule has 1 heterocycles. The maximum absolute atomic E-state index is 7.27. The highest BCUT2D eigenvalue weighted by atomic mass is 16.6. The van der Waals surface area contributed by atoms with E-state index in [0.717, 1.165) is 66.5 Å². The lowest BCUT2D eigenvalue weighted by atomic mass is 9.42. The maximum Gasteiger partial charge on any atom is 0.123 e. The van der Waals surface area contributed by atoms with Crippen molar-refractivity contribution in [3.05, 3.63) is 28.3 Å². The lowest BCUT2D eigenvalue weighted by Crippen LogP contribution is -2.54. The number of ether oxygens (including phenoxy) is 2. The van der Waals surface area contributed by atoms with Crippen molar-refractivity contribution in [3.63, 3.8) is 0 Å². The van der Waals surface area contributed by atoms with Gasteiger partial charge >= 0.3 is 0 Å². The quantitative estimate of drug-likeness (QED) is 0.293. The molecule has 44 heavy (non-hydrogen) atoms. The van der Waals surface area contributed by atoms with Crippen LogP contribution in [0.2, 0.25) is 0 Å². The molecule has 13 fully saturated rings. The fraction of sp³-hybridized carbons (Fsp3) is 0.857. The molecule has 1 unspecified atom stereocenters. The van der Waals surface area contributed by atoms with E-state index in [1.54, 1.807) is 19.3 Å². The van der Waals surface area contributed by atoms with Crippen molar-refractivity contribution < 1.29 is 9.47 Å². The molecule has 13 aliphatic rings. The molecular weight excluding hydrogens is 536 g/mol. The molecule has 12 bridgehead atoms. The Bertz CT molecular complexity index is 1260. The topological polar surface area (TPSA) is 21.8 Å². The minimum absolute atomic E-state index is 0.329. The van der Waals surface area contributed by atoms with Crippen LogP contribution in [0.25, 0.3) is 0 Å². The highest BCUT2D eigenvalue weighted by Gasteiger charge is 2.60. The van der Waals surface area contributed by atoms with Crippen LogP contribution in [0.5, 0.6) is 5.75 Å². The second-order valence-electron chi connectivity index (χ2n) is 20.1. The van der Waals surface area contributed by atoms with Gasteiger partial charge in [0.15, 0.2) is 0 Å². The van der Waals surface area contributed by atoms with E-state index >= 15 is 0 Å². The standard InChI is InChI=1S/C42H58O2/c1-24(2)37-35(40-13-25-3-26(14-40)5-27(4-25)15-40)12-36(44-23-34-22-43-34)38(41-16-28-6-29(17-41)8-30(7-28)18-41)39(37)42-19-31-9-32(20-42)11-33(10-31)21-42/h12,24-34H,3-11,13-23H2,1-2H3. The third-order valence-electron chi connectivity index (χ3n) is 16.5. The van der Waals surface area contributed by atoms with Crippen molar-refractivity contribution in [1.82, 2.24) is 0 Å². The van der Waals surface area contributed by atoms with Gasteiger partial charge in [0.1, 0.15) is 18.5 Å². The molecular formula is C42H58O2. The number of epoxide rings is 1. The minimum Gasteiger partial charge on any atom is -0.490 e. The smallest absolute Gasteiger partial charge is 0.123 e. The molecule has 0 N–H and O–H groups in total. The minimum atomic E-state index is 0.329. The molecule has 0 spiro atoms. The highest BCUT2D eigenvalue weighted by molar-refractivity contribution is 5.61. The molecule has 12 aliphatic carbocycles. The average Bonchev–Trinajstić information content (AvgIpc) is 3.78. The van der Waals surface area contributed by atoms with E-state index in [-0.39, 0.29) is 0 Å². The van der Waals surface area contributed by atoms with Gasteiger partial charge in [0.05, 0.1) is 6.61 Å². The van der Waals surface area contributed by atoms with E-state index in [1.165, 1.54) is 102 Å². The molecule has 0 amide bonds. The van der Waals surface area contributed by atoms with Crippen LogP contribution < -0.4 is 4.74 Å². The van der Waals surface area contributed by atoms with Gasteiger partial charge in [0.25, 0.3) is 0 Å². The third-order valence-corrected chi connectivity index (χ3v) is 16.5. The number of benzene rings is 1. The monoisotopic (exact) mass is 594 g/mol. The second kappa shape index (κ2) is 9.11. The molecule has 1 aromatic rings. The molecule has 2 nitrogen and oxygen atoms in total. The molecule has 12 saturated carbocycles. The summed E-state index contributed by atoms with van der Waals surface area (Å²) in [4.78, 5) is 0. The van der Waals surface area contributed by atoms with Crippen molar-refractivity contribution in [1.29, 1.82) is 0 Å². The van der Waals surface area contributed by atoms with Gasteiger partial charge in [-0.1, -0.05) is 13.8 Å². The van der Waals surface area contributed by atoms with Crippen LogP contribution in [-0.2, 0) is 21.0 Å². The first-order valence-electron chi connectivity index (χ1n) is 19.8. The summed E-state index contributed by atoms with van der Waals surface area (Å²) in [5.41, 5.74) is 8.73. The summed E-state index contributed by atoms with van der Waals surface area (Å²) in [6.45, 7) is 6.91. The molecule has 14 rings (SSSR count). The zero-order valence-corrected chi connectivity index (χ0v) is 27.9. The van der Waals surface area contributed by atoms with Crippen LogP contribution in [0.3, 0.4) is 0 Å². The normalized spacial score (nSPS) is 52.0. The van der Waals surface area contributed by atoms with Gasteiger partial charge < -0.3 is 9.47 Å². The third kappa shape index (κ3) is 3.88. The second-order valence-corrected chi connectivity index (χ2v) is 20.1. The largest absolute Gasteiger partial charge is 0.490 e. The van der Waals surface area contributed by atoms with E-state index < -0.39 is 0 Å². The lowest BCUT2D eigenvalue weighted by molar-refractivity contribution is -0.0201. The van der Waals surface area contributed by atoms with Crippen LogP contribution in [-0.4, -0.2) is 19.3 Å². The highest BCUT2D eigenvalue weighted by Crippen LogP contribution is 2.70. The summed E-state index contributed by atoms with van der Waals surface area (Å²) in [6.07, 6.45) is 27.4. The number of hydrogen-bond acceptors (Lipinski definition) is 2. The van der Waals surface area contributed by atoms with Crippen molar-refractivity contribution in [2.24, 2.45) is 53.3 Å². The first-order chi connectivity index (χ1) is 21.3. The Morgan fingerprint density at radius 1 is 0.591 bits per heavy atom. The van der Waals surface area contributed by atoms with E-state index in [0.29, 0.717) is 28.3 Å². The van der Waals surface area contributed by atoms with Crippen LogP contribution in [0, 0.1) is 53.3 Å². The summed E-state index contributed by atoms with van der Waals surface area (Å²) < 4.78 is 13.1. The van der Waals surface area contributed by atoms with Crippen molar-refractivity contribution in [3.8, 4) is 5.75 Å². The van der Waals surface area contributed by atoms with Crippen LogP contribution in [0.15, 0.2) is 6.07 Å². The van der Waals surface area contributed by atoms with Crippen LogP contribution in [0.1, 0.15) is 158 Å². The van der Waals surface area contributed by atoms with Gasteiger partial charge in [0.2, 0.25) is 0 Å². The zero-order valence-electron chi connectivity index (χ0n) is 27.9. The Morgan fingerprint density at radius 3 is 1.32 bits per heavy atom. The first kappa shape index (κ1) is 27.0. The Labute approximate surface area is 267 Å². The van der Waals surface area contributed by atoms with Crippen LogP contribution in [0.4, 0.5) is 0 Å². The predicted octanol–water partition coefficient (Wildman–Crippen LogP) is 9.99. The van der Waals surface area contributed by atoms with Gasteiger partial charge in [-0.2, -0.15) is 0 Å². The first-order valence-corrected chi connectivity index (χ1v) is 19.8. The van der Waals surface area contributed by atoms with Gasteiger partial charge in [-0.05, 0) is 208 Å². The van der Waals surface area contributed by atoms with E-state index in [9.17, 15) is 0 Å². The molecule has 1 saturated heterocycles. The molecule has 0 radical (unpaired) electrons. The van der Waals surface area contributed by atoms with E-state index in [4.69, 9.17) is 9.47 Å². The molecule has 1 atom stereocenters. The number of hydrogen-bond donors (Lipinski definition) is 0. The summed E-state index contributed by atoms with van der Waals surface area (Å²) in [6, 6.07) is 2.79. The fourth-order valence-electron chi connectivity index (χ4n) is 16.5. The van der Waals surface area contributed by atoms with Crippen molar-refractivity contribution >= 4 is 0 Å². The van der Waals surface area contributed by atoms with Gasteiger partial charge in [-0.3, -0.25) is 0 Å². The Kier molecular flexibility index (Phi) is 5.59. The zero-order chi connectivity index (χ0) is 29.0. The molecule has 0 aromatic heterocycles. The van der Waals surface area contributed by atoms with Gasteiger partial charge in [-0.15, -0.1) is 0 Å². The van der Waals surface area contributed by atoms with Gasteiger partial charge in [-0.25, -0.2) is 0 Å². The number of rotatable bonds is 7.